The second kappa shape index (κ2) is 3.63. The molecule has 0 aromatic heterocycles. The molecule has 0 fully saturated rings. The predicted octanol–water partition coefficient (Wildman–Crippen LogP) is 4.45. The summed E-state index contributed by atoms with van der Waals surface area (Å²) in [5.74, 6) is 0.465. The van der Waals surface area contributed by atoms with E-state index >= 15 is 0 Å². The molecule has 0 saturated heterocycles. The fraction of sp³-hybridized carbons (Fsp3) is 0.125. The molecule has 0 amide bonds. The molecule has 0 radical (unpaired) electrons. The molecule has 18 heavy (non-hydrogen) atoms. The molecule has 2 aliphatic rings. The van der Waals surface area contributed by atoms with E-state index in [4.69, 9.17) is 11.6 Å². The molecule has 88 valence electrons. The van der Waals surface area contributed by atoms with Crippen molar-refractivity contribution in [3.63, 3.8) is 0 Å². The lowest BCUT2D eigenvalue weighted by atomic mass is 9.85. The van der Waals surface area contributed by atoms with Gasteiger partial charge in [-0.2, -0.15) is 0 Å². The van der Waals surface area contributed by atoms with Crippen LogP contribution in [0.15, 0.2) is 48.2 Å². The van der Waals surface area contributed by atoms with Crippen LogP contribution in [0.25, 0.3) is 6.08 Å². The van der Waals surface area contributed by atoms with Gasteiger partial charge in [-0.3, -0.25) is 0 Å². The van der Waals surface area contributed by atoms with Gasteiger partial charge < -0.3 is 5.32 Å². The number of halogens is 1. The molecule has 1 aliphatic carbocycles. The first-order valence-corrected chi connectivity index (χ1v) is 6.55. The first-order valence-electron chi connectivity index (χ1n) is 6.17. The second-order valence-electron chi connectivity index (χ2n) is 4.91. The Morgan fingerprint density at radius 2 is 2.00 bits per heavy atom. The smallest absolute Gasteiger partial charge is 0.0421 e. The fourth-order valence-electron chi connectivity index (χ4n) is 2.96. The summed E-state index contributed by atoms with van der Waals surface area (Å²) < 4.78 is 0. The van der Waals surface area contributed by atoms with Crippen LogP contribution in [0, 0.1) is 0 Å². The molecule has 1 atom stereocenters. The molecule has 1 unspecified atom stereocenters. The number of anilines is 1. The monoisotopic (exact) mass is 253 g/mol. The molecular weight excluding hydrogens is 242 g/mol. The van der Waals surface area contributed by atoms with Gasteiger partial charge in [0.25, 0.3) is 0 Å². The fourth-order valence-corrected chi connectivity index (χ4v) is 3.16. The van der Waals surface area contributed by atoms with Crippen molar-refractivity contribution in [2.24, 2.45) is 0 Å². The van der Waals surface area contributed by atoms with Gasteiger partial charge in [0.1, 0.15) is 0 Å². The Kier molecular flexibility index (Phi) is 2.06. The highest BCUT2D eigenvalue weighted by Crippen LogP contribution is 2.44. The van der Waals surface area contributed by atoms with Crippen LogP contribution < -0.4 is 5.32 Å². The highest BCUT2D eigenvalue weighted by Gasteiger charge is 2.30. The van der Waals surface area contributed by atoms with Crippen LogP contribution in [0.2, 0.25) is 5.02 Å². The molecule has 1 heterocycles. The molecule has 1 N–H and O–H groups in total. The highest BCUT2D eigenvalue weighted by molar-refractivity contribution is 6.30. The van der Waals surface area contributed by atoms with Crippen LogP contribution in [0.4, 0.5) is 5.69 Å². The zero-order chi connectivity index (χ0) is 12.1. The zero-order valence-corrected chi connectivity index (χ0v) is 10.5. The average Bonchev–Trinajstić information content (AvgIpc) is 2.74. The third-order valence-electron chi connectivity index (χ3n) is 3.83. The normalized spacial score (nSPS) is 19.4. The van der Waals surface area contributed by atoms with Gasteiger partial charge in [-0.15, -0.1) is 0 Å². The number of benzene rings is 2. The van der Waals surface area contributed by atoms with Crippen molar-refractivity contribution in [3.05, 3.63) is 69.9 Å². The third kappa shape index (κ3) is 1.41. The average molecular weight is 254 g/mol. The first-order chi connectivity index (χ1) is 8.81. The summed E-state index contributed by atoms with van der Waals surface area (Å²) in [6.07, 6.45) is 3.28. The predicted molar refractivity (Wildman–Crippen MR) is 75.9 cm³/mol. The molecule has 2 aromatic carbocycles. The number of hydrogen-bond donors (Lipinski definition) is 1. The Hall–Kier alpha value is -1.73. The maximum atomic E-state index is 6.08. The Morgan fingerprint density at radius 3 is 2.94 bits per heavy atom. The van der Waals surface area contributed by atoms with E-state index in [0.29, 0.717) is 5.92 Å². The maximum absolute atomic E-state index is 6.08. The van der Waals surface area contributed by atoms with Gasteiger partial charge >= 0.3 is 0 Å². The van der Waals surface area contributed by atoms with Crippen LogP contribution >= 0.6 is 11.6 Å². The van der Waals surface area contributed by atoms with E-state index in [9.17, 15) is 0 Å². The Labute approximate surface area is 111 Å². The zero-order valence-electron chi connectivity index (χ0n) is 9.78. The molecule has 1 nitrogen and oxygen atoms in total. The van der Waals surface area contributed by atoms with E-state index in [-0.39, 0.29) is 0 Å². The first kappa shape index (κ1) is 10.2. The summed E-state index contributed by atoms with van der Waals surface area (Å²) in [7, 11) is 0. The Morgan fingerprint density at radius 1 is 1.11 bits per heavy atom. The number of rotatable bonds is 0. The van der Waals surface area contributed by atoms with E-state index in [2.05, 4.69) is 47.8 Å². The van der Waals surface area contributed by atoms with E-state index in [1.54, 1.807) is 0 Å². The third-order valence-corrected chi connectivity index (χ3v) is 4.07. The van der Waals surface area contributed by atoms with E-state index in [1.807, 2.05) is 6.07 Å². The van der Waals surface area contributed by atoms with E-state index in [0.717, 1.165) is 11.4 Å². The van der Waals surface area contributed by atoms with Crippen LogP contribution in [-0.2, 0) is 6.42 Å². The lowest BCUT2D eigenvalue weighted by molar-refractivity contribution is 0.812. The summed E-state index contributed by atoms with van der Waals surface area (Å²) in [4.78, 5) is 0. The number of para-hydroxylation sites is 1. The Balaban J connectivity index is 1.86. The van der Waals surface area contributed by atoms with Crippen molar-refractivity contribution >= 4 is 23.4 Å². The maximum Gasteiger partial charge on any atom is 0.0421 e. The number of hydrogen-bond acceptors (Lipinski definition) is 1. The largest absolute Gasteiger partial charge is 0.358 e. The molecule has 0 spiro atoms. The van der Waals surface area contributed by atoms with Crippen molar-refractivity contribution in [1.82, 2.24) is 0 Å². The van der Waals surface area contributed by atoms with Crippen molar-refractivity contribution in [3.8, 4) is 0 Å². The molecule has 2 heteroatoms. The van der Waals surface area contributed by atoms with Gasteiger partial charge in [-0.25, -0.2) is 0 Å². The SMILES string of the molecule is Clc1ccc2c(c1)CC1C(=C2)Nc2ccccc21. The minimum atomic E-state index is 0.465. The van der Waals surface area contributed by atoms with Crippen LogP contribution in [-0.4, -0.2) is 0 Å². The van der Waals surface area contributed by atoms with Gasteiger partial charge in [0.05, 0.1) is 0 Å². The highest BCUT2D eigenvalue weighted by atomic mass is 35.5. The molecular formula is C16H12ClN. The van der Waals surface area contributed by atoms with Gasteiger partial charge in [0, 0.05) is 22.3 Å². The van der Waals surface area contributed by atoms with Crippen LogP contribution in [0.1, 0.15) is 22.6 Å². The second-order valence-corrected chi connectivity index (χ2v) is 5.35. The van der Waals surface area contributed by atoms with E-state index in [1.165, 1.54) is 28.1 Å². The summed E-state index contributed by atoms with van der Waals surface area (Å²) in [6.45, 7) is 0. The van der Waals surface area contributed by atoms with Gasteiger partial charge in [-0.05, 0) is 47.4 Å². The topological polar surface area (TPSA) is 12.0 Å². The van der Waals surface area contributed by atoms with E-state index < -0.39 is 0 Å². The van der Waals surface area contributed by atoms with Crippen molar-refractivity contribution in [1.29, 1.82) is 0 Å². The lowest BCUT2D eigenvalue weighted by Gasteiger charge is -2.20. The molecule has 0 bridgehead atoms. The van der Waals surface area contributed by atoms with Crippen molar-refractivity contribution in [2.75, 3.05) is 5.32 Å². The van der Waals surface area contributed by atoms with Gasteiger partial charge in [0.2, 0.25) is 0 Å². The molecule has 1 aliphatic heterocycles. The standard InChI is InChI=1S/C16H12ClN/c17-12-6-5-10-9-16-14(8-11(10)7-12)13-3-1-2-4-15(13)18-16/h1-7,9,14,18H,8H2. The van der Waals surface area contributed by atoms with Crippen LogP contribution in [0.5, 0.6) is 0 Å². The van der Waals surface area contributed by atoms with Crippen molar-refractivity contribution in [2.45, 2.75) is 12.3 Å². The molecule has 0 saturated carbocycles. The van der Waals surface area contributed by atoms with Crippen molar-refractivity contribution < 1.29 is 0 Å². The lowest BCUT2D eigenvalue weighted by Crippen LogP contribution is -2.09. The minimum Gasteiger partial charge on any atom is -0.358 e. The summed E-state index contributed by atoms with van der Waals surface area (Å²) in [5.41, 5.74) is 6.58. The summed E-state index contributed by atoms with van der Waals surface area (Å²) >= 11 is 6.08. The minimum absolute atomic E-state index is 0.465. The Bertz CT molecular complexity index is 673. The summed E-state index contributed by atoms with van der Waals surface area (Å²) in [5, 5.41) is 4.34. The summed E-state index contributed by atoms with van der Waals surface area (Å²) in [6, 6.07) is 14.7. The number of fused-ring (bicyclic) bond motifs is 4. The molecule has 2 aromatic rings. The number of nitrogens with one attached hydrogen (secondary N) is 1. The number of allylic oxidation sites excluding steroid dienone is 1. The molecule has 4 rings (SSSR count). The van der Waals surface area contributed by atoms with Crippen LogP contribution in [0.3, 0.4) is 0 Å². The van der Waals surface area contributed by atoms with Gasteiger partial charge in [-0.1, -0.05) is 35.9 Å². The quantitative estimate of drug-likeness (QED) is 0.732. The van der Waals surface area contributed by atoms with Gasteiger partial charge in [0.15, 0.2) is 0 Å².